The van der Waals surface area contributed by atoms with E-state index in [2.05, 4.69) is 32.8 Å². The Bertz CT molecular complexity index is 2530. The molecule has 1 unspecified atom stereocenters. The van der Waals surface area contributed by atoms with Crippen molar-refractivity contribution < 1.29 is 51.4 Å². The maximum absolute atomic E-state index is 14.5. The van der Waals surface area contributed by atoms with Gasteiger partial charge in [-0.1, -0.05) is 93.2 Å². The molecule has 0 aliphatic rings. The Kier molecular flexibility index (Phi) is 18.5. The Morgan fingerprint density at radius 1 is 0.701 bits per heavy atom. The summed E-state index contributed by atoms with van der Waals surface area (Å²) in [6.45, 7) is 17.1. The van der Waals surface area contributed by atoms with E-state index < -0.39 is 99.7 Å². The summed E-state index contributed by atoms with van der Waals surface area (Å²) in [6, 6.07) is 21.5. The maximum Gasteiger partial charge on any atom is 0.408 e. The predicted molar refractivity (Wildman–Crippen MR) is 252 cm³/mol. The van der Waals surface area contributed by atoms with Crippen LogP contribution >= 0.6 is 0 Å². The van der Waals surface area contributed by atoms with Gasteiger partial charge in [-0.25, -0.2) is 13.2 Å². The number of fused-ring (bicyclic) bond motifs is 1. The maximum atomic E-state index is 14.5. The number of amides is 4. The highest BCUT2D eigenvalue weighted by atomic mass is 32.2. The minimum Gasteiger partial charge on any atom is -0.460 e. The summed E-state index contributed by atoms with van der Waals surface area (Å²) in [7, 11) is -4.00. The van der Waals surface area contributed by atoms with Crippen LogP contribution in [0.25, 0.3) is 10.9 Å². The fourth-order valence-electron chi connectivity index (χ4n) is 6.47. The van der Waals surface area contributed by atoms with E-state index in [1.54, 1.807) is 128 Å². The molecule has 4 rings (SSSR count). The lowest BCUT2D eigenvalue weighted by atomic mass is 10.00. The van der Waals surface area contributed by atoms with Gasteiger partial charge in [0.15, 0.2) is 9.84 Å². The van der Waals surface area contributed by atoms with Gasteiger partial charge in [-0.15, -0.1) is 0 Å². The average molecular weight is 940 g/mol. The minimum absolute atomic E-state index is 0.00941. The molecule has 0 aliphatic carbocycles. The molecule has 0 bridgehead atoms. The van der Waals surface area contributed by atoms with Gasteiger partial charge in [-0.3, -0.25) is 29.0 Å². The number of benzene rings is 3. The molecule has 16 nitrogen and oxygen atoms in total. The van der Waals surface area contributed by atoms with Crippen molar-refractivity contribution in [3.8, 4) is 0 Å². The highest BCUT2D eigenvalue weighted by Gasteiger charge is 2.34. The number of sulfone groups is 1. The molecule has 67 heavy (non-hydrogen) atoms. The van der Waals surface area contributed by atoms with E-state index in [1.165, 1.54) is 18.2 Å². The van der Waals surface area contributed by atoms with Crippen LogP contribution in [0.4, 0.5) is 4.79 Å². The van der Waals surface area contributed by atoms with Gasteiger partial charge in [0, 0.05) is 22.9 Å². The summed E-state index contributed by atoms with van der Waals surface area (Å²) in [6.07, 6.45) is -1.00. The number of alkyl carbamates (subject to hydrolysis) is 1. The number of aromatic nitrogens is 1. The van der Waals surface area contributed by atoms with E-state index in [9.17, 15) is 37.2 Å². The first kappa shape index (κ1) is 52.7. The molecule has 17 heteroatoms. The lowest BCUT2D eigenvalue weighted by Crippen LogP contribution is -2.59. The van der Waals surface area contributed by atoms with Crippen molar-refractivity contribution in [1.29, 1.82) is 0 Å². The zero-order valence-electron chi connectivity index (χ0n) is 39.2. The number of rotatable bonds is 20. The van der Waals surface area contributed by atoms with E-state index in [4.69, 9.17) is 14.2 Å². The molecule has 1 aromatic heterocycles. The number of ether oxygens (including phenoxy) is 3. The van der Waals surface area contributed by atoms with Crippen LogP contribution in [0.3, 0.4) is 0 Å². The SMILES string of the molecule is C=C(CC(=O)OC(C)(C)C)[C@H](NC(=O)OCc1ccccc1)C(=O)N[C@@H](Cc1ccc2ccccc2n1)C(=O)NC(C(=O)N[C@H](/C=C/S(=O)(=O)c1ccccc1)CC(=O)OC(C)(C)C)C(C)C. The molecule has 0 radical (unpaired) electrons. The van der Waals surface area contributed by atoms with Crippen LogP contribution in [0, 0.1) is 5.92 Å². The average Bonchev–Trinajstić information content (AvgIpc) is 3.24. The molecule has 4 amide bonds. The van der Waals surface area contributed by atoms with Crippen molar-refractivity contribution in [1.82, 2.24) is 26.3 Å². The zero-order chi connectivity index (χ0) is 49.5. The smallest absolute Gasteiger partial charge is 0.408 e. The van der Waals surface area contributed by atoms with Crippen LogP contribution in [0.15, 0.2) is 126 Å². The van der Waals surface area contributed by atoms with Crippen molar-refractivity contribution in [3.63, 3.8) is 0 Å². The van der Waals surface area contributed by atoms with E-state index in [0.717, 1.165) is 10.8 Å². The number of pyridine rings is 1. The van der Waals surface area contributed by atoms with E-state index in [-0.39, 0.29) is 23.5 Å². The summed E-state index contributed by atoms with van der Waals surface area (Å²) in [5.41, 5.74) is -0.194. The summed E-state index contributed by atoms with van der Waals surface area (Å²) in [4.78, 5) is 86.9. The monoisotopic (exact) mass is 939 g/mol. The number of hydrogen-bond donors (Lipinski definition) is 4. The van der Waals surface area contributed by atoms with Gasteiger partial charge in [-0.05, 0) is 88.9 Å². The number of carbonyl (C=O) groups excluding carboxylic acids is 6. The van der Waals surface area contributed by atoms with Gasteiger partial charge < -0.3 is 35.5 Å². The number of esters is 2. The predicted octanol–water partition coefficient (Wildman–Crippen LogP) is 6.19. The molecule has 0 fully saturated rings. The molecule has 0 aliphatic heterocycles. The van der Waals surface area contributed by atoms with Crippen molar-refractivity contribution in [2.24, 2.45) is 5.92 Å². The van der Waals surface area contributed by atoms with Crippen LogP contribution in [0.5, 0.6) is 0 Å². The lowest BCUT2D eigenvalue weighted by Gasteiger charge is -2.28. The van der Waals surface area contributed by atoms with Crippen LogP contribution in [-0.2, 0) is 61.0 Å². The van der Waals surface area contributed by atoms with E-state index in [0.29, 0.717) is 16.8 Å². The first-order chi connectivity index (χ1) is 31.4. The summed E-state index contributed by atoms with van der Waals surface area (Å²) in [5, 5.41) is 12.3. The lowest BCUT2D eigenvalue weighted by molar-refractivity contribution is -0.156. The second-order valence-electron chi connectivity index (χ2n) is 18.1. The Balaban J connectivity index is 1.66. The standard InChI is InChI=1S/C50H61N5O11S/c1-32(2)43(46(59)52-37(30-42(57)66-50(7,8)9)26-27-67(62,63)38-21-14-11-15-22-38)54-45(58)40(29-36-25-24-35-20-16-17-23-39(35)51-36)53-47(60)44(33(3)28-41(56)65-49(4,5)6)55-48(61)64-31-34-18-12-10-13-19-34/h10-27,32,37,40,43-44H,3,28-31H2,1-2,4-9H3,(H,52,59)(H,53,60)(H,54,58)(H,55,61)/b27-26+/t37-,40+,43?,44+/m1/s1. The Morgan fingerprint density at radius 3 is 1.93 bits per heavy atom. The van der Waals surface area contributed by atoms with Gasteiger partial charge in [0.2, 0.25) is 17.7 Å². The number of carbonyl (C=O) groups is 6. The van der Waals surface area contributed by atoms with Gasteiger partial charge in [0.05, 0.1) is 29.3 Å². The summed E-state index contributed by atoms with van der Waals surface area (Å²) >= 11 is 0. The normalized spacial score (nSPS) is 13.7. The highest BCUT2D eigenvalue weighted by Crippen LogP contribution is 2.18. The van der Waals surface area contributed by atoms with Crippen LogP contribution in [-0.4, -0.2) is 84.5 Å². The number of hydrogen-bond acceptors (Lipinski definition) is 12. The summed E-state index contributed by atoms with van der Waals surface area (Å²) in [5.74, 6) is -4.62. The number of nitrogens with zero attached hydrogens (tertiary/aromatic N) is 1. The highest BCUT2D eigenvalue weighted by molar-refractivity contribution is 7.94. The number of nitrogens with one attached hydrogen (secondary N) is 4. The molecule has 4 N–H and O–H groups in total. The van der Waals surface area contributed by atoms with Gasteiger partial charge in [-0.2, -0.15) is 0 Å². The molecule has 4 aromatic rings. The fraction of sp³-hybridized carbons (Fsp3) is 0.380. The van der Waals surface area contributed by atoms with Gasteiger partial charge in [0.25, 0.3) is 0 Å². The Morgan fingerprint density at radius 2 is 1.30 bits per heavy atom. The molecule has 358 valence electrons. The topological polar surface area (TPSA) is 225 Å². The van der Waals surface area contributed by atoms with Crippen molar-refractivity contribution in [3.05, 3.63) is 132 Å². The van der Waals surface area contributed by atoms with E-state index >= 15 is 0 Å². The quantitative estimate of drug-likeness (QED) is 0.0442. The molecular weight excluding hydrogens is 879 g/mol. The fourth-order valence-corrected chi connectivity index (χ4v) is 7.56. The van der Waals surface area contributed by atoms with E-state index in [1.807, 2.05) is 12.1 Å². The molecule has 0 saturated heterocycles. The Hall–Kier alpha value is -6.88. The molecule has 3 aromatic carbocycles. The first-order valence-electron chi connectivity index (χ1n) is 21.7. The second kappa shape index (κ2) is 23.5. The Labute approximate surface area is 392 Å². The molecular formula is C50H61N5O11S. The number of para-hydroxylation sites is 1. The van der Waals surface area contributed by atoms with Crippen molar-refractivity contribution in [2.75, 3.05) is 0 Å². The molecule has 0 saturated carbocycles. The van der Waals surface area contributed by atoms with Crippen LogP contribution in [0.1, 0.15) is 79.5 Å². The third-order valence-electron chi connectivity index (χ3n) is 9.58. The third-order valence-corrected chi connectivity index (χ3v) is 11.0. The summed E-state index contributed by atoms with van der Waals surface area (Å²) < 4.78 is 42.7. The zero-order valence-corrected chi connectivity index (χ0v) is 40.0. The first-order valence-corrected chi connectivity index (χ1v) is 23.3. The third kappa shape index (κ3) is 17.8. The molecule has 0 spiro atoms. The minimum atomic E-state index is -4.00. The molecule has 4 atom stereocenters. The van der Waals surface area contributed by atoms with Crippen LogP contribution in [0.2, 0.25) is 0 Å². The van der Waals surface area contributed by atoms with Gasteiger partial charge in [0.1, 0.15) is 35.9 Å². The van der Waals surface area contributed by atoms with Crippen molar-refractivity contribution in [2.45, 2.75) is 122 Å². The second-order valence-corrected chi connectivity index (χ2v) is 20.0. The van der Waals surface area contributed by atoms with Crippen molar-refractivity contribution >= 4 is 56.5 Å². The molecule has 1 heterocycles. The largest absolute Gasteiger partial charge is 0.460 e. The van der Waals surface area contributed by atoms with Crippen LogP contribution < -0.4 is 21.3 Å². The van der Waals surface area contributed by atoms with Gasteiger partial charge >= 0.3 is 18.0 Å².